The van der Waals surface area contributed by atoms with E-state index >= 15 is 0 Å². The first kappa shape index (κ1) is 26.9. The molecule has 0 radical (unpaired) electrons. The largest absolute Gasteiger partial charge is 0.494 e. The zero-order valence-electron chi connectivity index (χ0n) is 20.8. The normalized spacial score (nSPS) is 11.0. The summed E-state index contributed by atoms with van der Waals surface area (Å²) in [5, 5.41) is 2.83. The van der Waals surface area contributed by atoms with Crippen LogP contribution < -0.4 is 23.8 Å². The highest BCUT2D eigenvalue weighted by atomic mass is 32.2. The first-order valence-electron chi connectivity index (χ1n) is 11.7. The molecule has 36 heavy (non-hydrogen) atoms. The van der Waals surface area contributed by atoms with Gasteiger partial charge < -0.3 is 19.5 Å². The molecule has 3 aromatic rings. The second kappa shape index (κ2) is 12.8. The number of rotatable bonds is 13. The molecule has 0 fully saturated rings. The van der Waals surface area contributed by atoms with Gasteiger partial charge in [0.25, 0.3) is 10.0 Å². The molecule has 0 aromatic heterocycles. The van der Waals surface area contributed by atoms with E-state index in [9.17, 15) is 13.2 Å². The quantitative estimate of drug-likeness (QED) is 0.347. The molecule has 0 aliphatic carbocycles. The van der Waals surface area contributed by atoms with Gasteiger partial charge in [-0.1, -0.05) is 30.3 Å². The molecule has 0 saturated heterocycles. The lowest BCUT2D eigenvalue weighted by Crippen LogP contribution is -2.41. The molecule has 3 aromatic carbocycles. The summed E-state index contributed by atoms with van der Waals surface area (Å²) in [6, 6.07) is 20.6. The fraction of sp³-hybridized carbons (Fsp3) is 0.296. The summed E-state index contributed by atoms with van der Waals surface area (Å²) in [5.41, 5.74) is 1.42. The topological polar surface area (TPSA) is 94.2 Å². The van der Waals surface area contributed by atoms with Crippen molar-refractivity contribution >= 4 is 21.6 Å². The predicted octanol–water partition coefficient (Wildman–Crippen LogP) is 4.05. The lowest BCUT2D eigenvalue weighted by molar-refractivity contribution is -0.119. The fourth-order valence-corrected chi connectivity index (χ4v) is 5.07. The highest BCUT2D eigenvalue weighted by molar-refractivity contribution is 7.92. The Balaban J connectivity index is 1.70. The van der Waals surface area contributed by atoms with E-state index in [1.165, 1.54) is 26.4 Å². The molecule has 0 aliphatic rings. The zero-order valence-corrected chi connectivity index (χ0v) is 21.6. The summed E-state index contributed by atoms with van der Waals surface area (Å²) in [7, 11) is -1.05. The minimum absolute atomic E-state index is 0.0862. The number of hydrogen-bond acceptors (Lipinski definition) is 6. The smallest absolute Gasteiger partial charge is 0.264 e. The number of nitrogens with one attached hydrogen (secondary N) is 1. The predicted molar refractivity (Wildman–Crippen MR) is 139 cm³/mol. The van der Waals surface area contributed by atoms with Gasteiger partial charge in [-0.25, -0.2) is 8.42 Å². The van der Waals surface area contributed by atoms with Crippen LogP contribution in [0, 0.1) is 0 Å². The monoisotopic (exact) mass is 512 g/mol. The van der Waals surface area contributed by atoms with Crippen molar-refractivity contribution in [3.63, 3.8) is 0 Å². The second-order valence-corrected chi connectivity index (χ2v) is 9.76. The molecule has 0 bridgehead atoms. The molecule has 0 atom stereocenters. The number of nitrogens with zero attached hydrogens (tertiary/aromatic N) is 1. The third-order valence-corrected chi connectivity index (χ3v) is 7.26. The maximum atomic E-state index is 13.5. The Bertz CT molecular complexity index is 1230. The Kier molecular flexibility index (Phi) is 9.58. The van der Waals surface area contributed by atoms with Crippen molar-refractivity contribution in [1.82, 2.24) is 5.32 Å². The van der Waals surface area contributed by atoms with Gasteiger partial charge in [0.2, 0.25) is 5.91 Å². The van der Waals surface area contributed by atoms with Gasteiger partial charge >= 0.3 is 0 Å². The van der Waals surface area contributed by atoms with Crippen LogP contribution >= 0.6 is 0 Å². The summed E-state index contributed by atoms with van der Waals surface area (Å²) in [6.07, 6.45) is 1.48. The number of methoxy groups -OCH3 is 2. The number of carbonyl (C=O) groups excluding carboxylic acids is 1. The van der Waals surface area contributed by atoms with Crippen molar-refractivity contribution in [2.45, 2.75) is 24.7 Å². The van der Waals surface area contributed by atoms with E-state index in [2.05, 4.69) is 5.32 Å². The third kappa shape index (κ3) is 6.91. The second-order valence-electron chi connectivity index (χ2n) is 7.89. The Morgan fingerprint density at radius 1 is 0.917 bits per heavy atom. The highest BCUT2D eigenvalue weighted by Crippen LogP contribution is 2.33. The van der Waals surface area contributed by atoms with Gasteiger partial charge in [-0.05, 0) is 61.7 Å². The molecule has 0 unspecified atom stereocenters. The number of carbonyl (C=O) groups is 1. The van der Waals surface area contributed by atoms with Crippen molar-refractivity contribution in [2.75, 3.05) is 38.2 Å². The van der Waals surface area contributed by atoms with Crippen LogP contribution in [0.15, 0.2) is 77.7 Å². The molecule has 192 valence electrons. The van der Waals surface area contributed by atoms with Crippen LogP contribution in [0.1, 0.15) is 18.9 Å². The van der Waals surface area contributed by atoms with Crippen molar-refractivity contribution in [3.05, 3.63) is 78.4 Å². The minimum atomic E-state index is -4.01. The summed E-state index contributed by atoms with van der Waals surface area (Å²) in [4.78, 5) is 12.9. The van der Waals surface area contributed by atoms with E-state index in [0.29, 0.717) is 36.8 Å². The van der Waals surface area contributed by atoms with Crippen molar-refractivity contribution in [2.24, 2.45) is 0 Å². The molecular formula is C27H32N2O6S. The van der Waals surface area contributed by atoms with Gasteiger partial charge in [0, 0.05) is 12.6 Å². The number of ether oxygens (including phenoxy) is 3. The van der Waals surface area contributed by atoms with Crippen LogP contribution in [0.2, 0.25) is 0 Å². The van der Waals surface area contributed by atoms with Crippen molar-refractivity contribution in [1.29, 1.82) is 0 Å². The van der Waals surface area contributed by atoms with Crippen molar-refractivity contribution in [3.8, 4) is 17.2 Å². The SMILES string of the molecule is CCOc1ccc(CCCNC(=O)CN(c2ccc(OC)c(OC)c2)S(=O)(=O)c2ccccc2)cc1. The van der Waals surface area contributed by atoms with Crippen LogP contribution in [-0.4, -0.2) is 48.2 Å². The van der Waals surface area contributed by atoms with Gasteiger partial charge in [0.1, 0.15) is 12.3 Å². The maximum absolute atomic E-state index is 13.5. The van der Waals surface area contributed by atoms with Gasteiger partial charge in [-0.15, -0.1) is 0 Å². The number of hydrogen-bond donors (Lipinski definition) is 1. The number of amides is 1. The molecule has 3 rings (SSSR count). The van der Waals surface area contributed by atoms with Gasteiger partial charge in [-0.3, -0.25) is 9.10 Å². The zero-order chi connectivity index (χ0) is 26.0. The van der Waals surface area contributed by atoms with Crippen LogP contribution in [0.25, 0.3) is 0 Å². The first-order chi connectivity index (χ1) is 17.4. The first-order valence-corrected chi connectivity index (χ1v) is 13.1. The van der Waals surface area contributed by atoms with E-state index in [4.69, 9.17) is 14.2 Å². The van der Waals surface area contributed by atoms with E-state index in [-0.39, 0.29) is 11.4 Å². The number of sulfonamides is 1. The lowest BCUT2D eigenvalue weighted by atomic mass is 10.1. The minimum Gasteiger partial charge on any atom is -0.494 e. The Morgan fingerprint density at radius 3 is 2.25 bits per heavy atom. The molecule has 0 saturated carbocycles. The number of benzene rings is 3. The van der Waals surface area contributed by atoms with E-state index in [1.807, 2.05) is 31.2 Å². The Morgan fingerprint density at radius 2 is 1.61 bits per heavy atom. The summed E-state index contributed by atoms with van der Waals surface area (Å²) < 4.78 is 44.1. The molecule has 1 N–H and O–H groups in total. The molecule has 0 aliphatic heterocycles. The number of anilines is 1. The van der Waals surface area contributed by atoms with Crippen LogP contribution in [-0.2, 0) is 21.2 Å². The molecule has 9 heteroatoms. The highest BCUT2D eigenvalue weighted by Gasteiger charge is 2.28. The molecule has 0 spiro atoms. The molecular weight excluding hydrogens is 480 g/mol. The van der Waals surface area contributed by atoms with E-state index in [1.54, 1.807) is 36.4 Å². The number of aryl methyl sites for hydroxylation is 1. The summed E-state index contributed by atoms with van der Waals surface area (Å²) in [6.45, 7) is 2.59. The molecule has 8 nitrogen and oxygen atoms in total. The van der Waals surface area contributed by atoms with Crippen LogP contribution in [0.3, 0.4) is 0 Å². The van der Waals surface area contributed by atoms with Crippen LogP contribution in [0.4, 0.5) is 5.69 Å². The average molecular weight is 513 g/mol. The van der Waals surface area contributed by atoms with Gasteiger partial charge in [0.05, 0.1) is 31.4 Å². The maximum Gasteiger partial charge on any atom is 0.264 e. The fourth-order valence-electron chi connectivity index (χ4n) is 3.64. The Hall–Kier alpha value is -3.72. The molecule has 0 heterocycles. The van der Waals surface area contributed by atoms with E-state index in [0.717, 1.165) is 22.0 Å². The van der Waals surface area contributed by atoms with Crippen LogP contribution in [0.5, 0.6) is 17.2 Å². The van der Waals surface area contributed by atoms with Gasteiger partial charge in [-0.2, -0.15) is 0 Å². The van der Waals surface area contributed by atoms with Gasteiger partial charge in [0.15, 0.2) is 11.5 Å². The Labute approximate surface area is 212 Å². The molecule has 1 amide bonds. The average Bonchev–Trinajstić information content (AvgIpc) is 2.91. The lowest BCUT2D eigenvalue weighted by Gasteiger charge is -2.25. The third-order valence-electron chi connectivity index (χ3n) is 5.47. The van der Waals surface area contributed by atoms with E-state index < -0.39 is 15.9 Å². The summed E-state index contributed by atoms with van der Waals surface area (Å²) >= 11 is 0. The van der Waals surface area contributed by atoms with Crippen molar-refractivity contribution < 1.29 is 27.4 Å². The standard InChI is InChI=1S/C27H32N2O6S/c1-4-35-23-15-12-21(13-16-23)9-8-18-28-27(30)20-29(36(31,32)24-10-6-5-7-11-24)22-14-17-25(33-2)26(19-22)34-3/h5-7,10-17,19H,4,8-9,18,20H2,1-3H3,(H,28,30). The summed E-state index contributed by atoms with van der Waals surface area (Å²) in [5.74, 6) is 1.23.